The summed E-state index contributed by atoms with van der Waals surface area (Å²) >= 11 is 0. The van der Waals surface area contributed by atoms with Crippen LogP contribution >= 0.6 is 0 Å². The zero-order valence-electron chi connectivity index (χ0n) is 14.3. The second-order valence-corrected chi connectivity index (χ2v) is 5.21. The lowest BCUT2D eigenvalue weighted by atomic mass is 10.1. The number of hydrogen-bond donors (Lipinski definition) is 0. The quantitative estimate of drug-likeness (QED) is 0.482. The highest BCUT2D eigenvalue weighted by atomic mass is 16.5. The van der Waals surface area contributed by atoms with Gasteiger partial charge in [-0.05, 0) is 36.2 Å². The fourth-order valence-electron chi connectivity index (χ4n) is 2.25. The molecule has 128 valence electrons. The molecular formula is C20H24O4. The molecule has 24 heavy (non-hydrogen) atoms. The Bertz CT molecular complexity index is 652. The lowest BCUT2D eigenvalue weighted by Crippen LogP contribution is -2.06. The molecule has 0 aromatic heterocycles. The van der Waals surface area contributed by atoms with Gasteiger partial charge in [-0.3, -0.25) is 0 Å². The number of allylic oxidation sites excluding steroid dienone is 1. The van der Waals surface area contributed by atoms with Gasteiger partial charge in [0.05, 0.1) is 27.4 Å². The van der Waals surface area contributed by atoms with Crippen LogP contribution in [0.1, 0.15) is 12.0 Å². The number of methoxy groups -OCH3 is 2. The number of benzene rings is 2. The summed E-state index contributed by atoms with van der Waals surface area (Å²) in [5.74, 6) is 3.06. The van der Waals surface area contributed by atoms with Crippen molar-refractivity contribution in [2.45, 2.75) is 12.8 Å². The topological polar surface area (TPSA) is 36.9 Å². The van der Waals surface area contributed by atoms with E-state index in [-0.39, 0.29) is 0 Å². The minimum absolute atomic E-state index is 0.557. The van der Waals surface area contributed by atoms with E-state index in [1.54, 1.807) is 14.2 Å². The molecule has 0 unspecified atom stereocenters. The van der Waals surface area contributed by atoms with E-state index < -0.39 is 0 Å². The zero-order valence-corrected chi connectivity index (χ0v) is 14.3. The lowest BCUT2D eigenvalue weighted by molar-refractivity contribution is 0.240. The molecule has 0 radical (unpaired) electrons. The van der Waals surface area contributed by atoms with E-state index in [0.29, 0.717) is 13.2 Å². The average molecular weight is 328 g/mol. The van der Waals surface area contributed by atoms with Crippen molar-refractivity contribution in [2.75, 3.05) is 27.4 Å². The van der Waals surface area contributed by atoms with Gasteiger partial charge in [0.2, 0.25) is 0 Å². The van der Waals surface area contributed by atoms with Crippen LogP contribution in [0.2, 0.25) is 0 Å². The molecule has 2 aromatic rings. The Hall–Kier alpha value is -2.62. The Morgan fingerprint density at radius 1 is 0.875 bits per heavy atom. The summed E-state index contributed by atoms with van der Waals surface area (Å²) in [5.41, 5.74) is 1.15. The van der Waals surface area contributed by atoms with Crippen molar-refractivity contribution < 1.29 is 18.9 Å². The smallest absolute Gasteiger partial charge is 0.161 e. The zero-order chi connectivity index (χ0) is 17.2. The summed E-state index contributed by atoms with van der Waals surface area (Å²) in [7, 11) is 3.28. The van der Waals surface area contributed by atoms with Gasteiger partial charge in [0.25, 0.3) is 0 Å². The van der Waals surface area contributed by atoms with Crippen LogP contribution in [0, 0.1) is 0 Å². The lowest BCUT2D eigenvalue weighted by Gasteiger charge is -2.12. The first kappa shape index (κ1) is 17.7. The molecule has 0 amide bonds. The molecule has 0 aliphatic carbocycles. The van der Waals surface area contributed by atoms with Crippen LogP contribution in [0.3, 0.4) is 0 Å². The van der Waals surface area contributed by atoms with E-state index >= 15 is 0 Å². The minimum atomic E-state index is 0.557. The van der Waals surface area contributed by atoms with E-state index in [1.807, 2.05) is 48.5 Å². The van der Waals surface area contributed by atoms with Gasteiger partial charge < -0.3 is 18.9 Å². The molecule has 2 aromatic carbocycles. The second kappa shape index (κ2) is 9.50. The Balaban J connectivity index is 1.78. The molecule has 0 aliphatic rings. The second-order valence-electron chi connectivity index (χ2n) is 5.21. The number of ether oxygens (including phenoxy) is 4. The predicted molar refractivity (Wildman–Crippen MR) is 95.5 cm³/mol. The highest BCUT2D eigenvalue weighted by Crippen LogP contribution is 2.28. The minimum Gasteiger partial charge on any atom is -0.497 e. The molecule has 2 rings (SSSR count). The first-order chi connectivity index (χ1) is 11.8. The van der Waals surface area contributed by atoms with Crippen LogP contribution in [0.25, 0.3) is 0 Å². The van der Waals surface area contributed by atoms with Gasteiger partial charge in [-0.1, -0.05) is 18.2 Å². The fraction of sp³-hybridized carbons (Fsp3) is 0.300. The average Bonchev–Trinajstić information content (AvgIpc) is 2.62. The van der Waals surface area contributed by atoms with Crippen molar-refractivity contribution in [2.24, 2.45) is 0 Å². The third kappa shape index (κ3) is 5.23. The molecule has 0 aliphatic heterocycles. The van der Waals surface area contributed by atoms with Gasteiger partial charge in [-0.15, -0.1) is 6.58 Å². The van der Waals surface area contributed by atoms with Crippen LogP contribution in [0.15, 0.2) is 55.1 Å². The van der Waals surface area contributed by atoms with E-state index in [2.05, 4.69) is 6.58 Å². The van der Waals surface area contributed by atoms with Gasteiger partial charge in [0, 0.05) is 12.5 Å². The maximum atomic E-state index is 5.79. The molecule has 0 saturated carbocycles. The van der Waals surface area contributed by atoms with Crippen molar-refractivity contribution in [1.82, 2.24) is 0 Å². The van der Waals surface area contributed by atoms with Crippen molar-refractivity contribution >= 4 is 0 Å². The summed E-state index contributed by atoms with van der Waals surface area (Å²) < 4.78 is 22.0. The standard InChI is InChI=1S/C20H24O4/c1-4-7-16-10-11-19(20(14-16)22-3)24-13-6-12-23-18-9-5-8-17(15-18)21-2/h4-5,8-11,14-15H,1,6-7,12-13H2,2-3H3. The highest BCUT2D eigenvalue weighted by Gasteiger charge is 2.05. The molecule has 0 saturated heterocycles. The van der Waals surface area contributed by atoms with E-state index in [0.717, 1.165) is 41.4 Å². The first-order valence-corrected chi connectivity index (χ1v) is 7.94. The van der Waals surface area contributed by atoms with Gasteiger partial charge in [-0.2, -0.15) is 0 Å². The summed E-state index contributed by atoms with van der Waals surface area (Å²) in [4.78, 5) is 0. The Morgan fingerprint density at radius 2 is 1.67 bits per heavy atom. The number of rotatable bonds is 10. The molecule has 0 heterocycles. The molecule has 0 atom stereocenters. The maximum absolute atomic E-state index is 5.79. The monoisotopic (exact) mass is 328 g/mol. The summed E-state index contributed by atoms with van der Waals surface area (Å²) in [5, 5.41) is 0. The van der Waals surface area contributed by atoms with Gasteiger partial charge in [0.15, 0.2) is 11.5 Å². The SMILES string of the molecule is C=CCc1ccc(OCCCOc2cccc(OC)c2)c(OC)c1. The first-order valence-electron chi connectivity index (χ1n) is 7.94. The third-order valence-corrected chi connectivity index (χ3v) is 3.46. The van der Waals surface area contributed by atoms with Gasteiger partial charge in [-0.25, -0.2) is 0 Å². The summed E-state index contributed by atoms with van der Waals surface area (Å²) in [6.45, 7) is 4.88. The molecule has 0 spiro atoms. The van der Waals surface area contributed by atoms with E-state index in [4.69, 9.17) is 18.9 Å². The Kier molecular flexibility index (Phi) is 7.02. The van der Waals surface area contributed by atoms with Crippen LogP contribution in [0.5, 0.6) is 23.0 Å². The molecule has 4 nitrogen and oxygen atoms in total. The fourth-order valence-corrected chi connectivity index (χ4v) is 2.25. The Morgan fingerprint density at radius 3 is 2.42 bits per heavy atom. The normalized spacial score (nSPS) is 10.1. The molecule has 4 heteroatoms. The maximum Gasteiger partial charge on any atom is 0.161 e. The van der Waals surface area contributed by atoms with Gasteiger partial charge in [0.1, 0.15) is 11.5 Å². The van der Waals surface area contributed by atoms with Crippen LogP contribution in [-0.2, 0) is 6.42 Å². The van der Waals surface area contributed by atoms with E-state index in [1.165, 1.54) is 0 Å². The van der Waals surface area contributed by atoms with Crippen LogP contribution in [0.4, 0.5) is 0 Å². The summed E-state index contributed by atoms with van der Waals surface area (Å²) in [6, 6.07) is 13.5. The summed E-state index contributed by atoms with van der Waals surface area (Å²) in [6.07, 6.45) is 3.45. The predicted octanol–water partition coefficient (Wildman–Crippen LogP) is 4.28. The molecule has 0 bridgehead atoms. The number of hydrogen-bond acceptors (Lipinski definition) is 4. The van der Waals surface area contributed by atoms with Gasteiger partial charge >= 0.3 is 0 Å². The third-order valence-electron chi connectivity index (χ3n) is 3.46. The highest BCUT2D eigenvalue weighted by molar-refractivity contribution is 5.43. The van der Waals surface area contributed by atoms with Crippen LogP contribution in [-0.4, -0.2) is 27.4 Å². The van der Waals surface area contributed by atoms with Crippen molar-refractivity contribution in [1.29, 1.82) is 0 Å². The largest absolute Gasteiger partial charge is 0.497 e. The van der Waals surface area contributed by atoms with Crippen molar-refractivity contribution in [3.05, 3.63) is 60.7 Å². The van der Waals surface area contributed by atoms with E-state index in [9.17, 15) is 0 Å². The molecule has 0 fully saturated rings. The van der Waals surface area contributed by atoms with Crippen molar-refractivity contribution in [3.8, 4) is 23.0 Å². The Labute approximate surface area is 143 Å². The molecule has 0 N–H and O–H groups in total. The van der Waals surface area contributed by atoms with Crippen molar-refractivity contribution in [3.63, 3.8) is 0 Å². The molecular weight excluding hydrogens is 304 g/mol. The van der Waals surface area contributed by atoms with Crippen LogP contribution < -0.4 is 18.9 Å².